The smallest absolute Gasteiger partial charge is 0.270 e. The van der Waals surface area contributed by atoms with Crippen molar-refractivity contribution in [3.8, 4) is 0 Å². The Morgan fingerprint density at radius 2 is 2.20 bits per heavy atom. The third-order valence-corrected chi connectivity index (χ3v) is 3.42. The van der Waals surface area contributed by atoms with Crippen molar-refractivity contribution in [3.05, 3.63) is 18.1 Å². The summed E-state index contributed by atoms with van der Waals surface area (Å²) >= 11 is 0. The second-order valence-corrected chi connectivity index (χ2v) is 5.02. The Balaban J connectivity index is 1.86. The first-order chi connectivity index (χ1) is 9.79. The fourth-order valence-corrected chi connectivity index (χ4v) is 2.35. The van der Waals surface area contributed by atoms with Crippen molar-refractivity contribution in [2.75, 3.05) is 25.6 Å². The molecule has 1 aliphatic rings. The highest BCUT2D eigenvalue weighted by atomic mass is 16.5. The van der Waals surface area contributed by atoms with Crippen LogP contribution in [0, 0.1) is 0 Å². The maximum Gasteiger partial charge on any atom is 0.270 e. The van der Waals surface area contributed by atoms with Crippen LogP contribution in [0.5, 0.6) is 0 Å². The van der Waals surface area contributed by atoms with Crippen LogP contribution in [-0.4, -0.2) is 42.2 Å². The van der Waals surface area contributed by atoms with Crippen LogP contribution in [0.2, 0.25) is 0 Å². The molecule has 6 nitrogen and oxygen atoms in total. The molecule has 1 aromatic rings. The highest BCUT2D eigenvalue weighted by Crippen LogP contribution is 2.21. The molecule has 0 spiro atoms. The molecule has 1 aliphatic carbocycles. The molecule has 0 unspecified atom stereocenters. The maximum absolute atomic E-state index is 11.9. The molecule has 0 radical (unpaired) electrons. The Kier molecular flexibility index (Phi) is 5.73. The molecule has 0 aromatic carbocycles. The predicted octanol–water partition coefficient (Wildman–Crippen LogP) is 1.60. The molecule has 0 saturated heterocycles. The van der Waals surface area contributed by atoms with E-state index in [-0.39, 0.29) is 5.91 Å². The summed E-state index contributed by atoms with van der Waals surface area (Å²) in [5.74, 6) is 0.562. The van der Waals surface area contributed by atoms with Gasteiger partial charge in [0, 0.05) is 32.4 Å². The van der Waals surface area contributed by atoms with E-state index in [1.54, 1.807) is 13.2 Å². The summed E-state index contributed by atoms with van der Waals surface area (Å²) in [7, 11) is 1.65. The third kappa shape index (κ3) is 4.45. The fourth-order valence-electron chi connectivity index (χ4n) is 2.35. The number of nitrogens with one attached hydrogen (secondary N) is 2. The molecule has 0 aliphatic heterocycles. The minimum atomic E-state index is -0.169. The van der Waals surface area contributed by atoms with Gasteiger partial charge in [-0.1, -0.05) is 12.8 Å². The van der Waals surface area contributed by atoms with Gasteiger partial charge in [-0.05, 0) is 19.3 Å². The first-order valence-electron chi connectivity index (χ1n) is 7.15. The van der Waals surface area contributed by atoms with Gasteiger partial charge < -0.3 is 15.4 Å². The van der Waals surface area contributed by atoms with E-state index in [0.29, 0.717) is 24.9 Å². The van der Waals surface area contributed by atoms with E-state index in [1.165, 1.54) is 32.0 Å². The van der Waals surface area contributed by atoms with Crippen molar-refractivity contribution < 1.29 is 9.53 Å². The monoisotopic (exact) mass is 278 g/mol. The summed E-state index contributed by atoms with van der Waals surface area (Å²) in [6.07, 6.45) is 7.08. The summed E-state index contributed by atoms with van der Waals surface area (Å²) in [4.78, 5) is 20.1. The van der Waals surface area contributed by atoms with E-state index < -0.39 is 0 Å². The number of anilines is 1. The summed E-state index contributed by atoms with van der Waals surface area (Å²) in [5, 5.41) is 6.18. The molecule has 110 valence electrons. The molecule has 20 heavy (non-hydrogen) atoms. The number of carbonyl (C=O) groups excluding carboxylic acids is 1. The number of hydrogen-bond donors (Lipinski definition) is 2. The largest absolute Gasteiger partial charge is 0.385 e. The lowest BCUT2D eigenvalue weighted by molar-refractivity contribution is 0.0943. The van der Waals surface area contributed by atoms with Crippen molar-refractivity contribution in [2.24, 2.45) is 0 Å². The summed E-state index contributed by atoms with van der Waals surface area (Å²) in [6.45, 7) is 1.22. The lowest BCUT2D eigenvalue weighted by atomic mass is 10.2. The Hall–Kier alpha value is -1.69. The molecule has 2 rings (SSSR count). The number of rotatable bonds is 7. The zero-order valence-electron chi connectivity index (χ0n) is 11.9. The maximum atomic E-state index is 11.9. The van der Waals surface area contributed by atoms with Gasteiger partial charge >= 0.3 is 0 Å². The van der Waals surface area contributed by atoms with Crippen molar-refractivity contribution >= 4 is 11.7 Å². The van der Waals surface area contributed by atoms with Crippen LogP contribution in [0.25, 0.3) is 0 Å². The lowest BCUT2D eigenvalue weighted by Crippen LogP contribution is -2.26. The van der Waals surface area contributed by atoms with E-state index >= 15 is 0 Å². The topological polar surface area (TPSA) is 76.1 Å². The number of methoxy groups -OCH3 is 1. The van der Waals surface area contributed by atoms with Crippen molar-refractivity contribution in [2.45, 2.75) is 38.1 Å². The molecule has 6 heteroatoms. The molecule has 1 heterocycles. The first kappa shape index (κ1) is 14.7. The van der Waals surface area contributed by atoms with Gasteiger partial charge in [0.1, 0.15) is 17.8 Å². The Morgan fingerprint density at radius 1 is 1.40 bits per heavy atom. The number of hydrogen-bond acceptors (Lipinski definition) is 5. The second kappa shape index (κ2) is 7.79. The molecule has 2 N–H and O–H groups in total. The van der Waals surface area contributed by atoms with Crippen molar-refractivity contribution in [3.63, 3.8) is 0 Å². The van der Waals surface area contributed by atoms with E-state index in [1.807, 2.05) is 0 Å². The number of aromatic nitrogens is 2. The summed E-state index contributed by atoms with van der Waals surface area (Å²) in [5.41, 5.74) is 0.401. The molecule has 1 amide bonds. The molecular weight excluding hydrogens is 256 g/mol. The van der Waals surface area contributed by atoms with Gasteiger partial charge in [-0.25, -0.2) is 9.97 Å². The predicted molar refractivity (Wildman–Crippen MR) is 76.7 cm³/mol. The van der Waals surface area contributed by atoms with E-state index in [0.717, 1.165) is 12.2 Å². The van der Waals surface area contributed by atoms with Gasteiger partial charge in [-0.3, -0.25) is 4.79 Å². The molecule has 1 aromatic heterocycles. The molecular formula is C14H22N4O2. The van der Waals surface area contributed by atoms with Gasteiger partial charge in [-0.2, -0.15) is 0 Å². The third-order valence-electron chi connectivity index (χ3n) is 3.42. The average molecular weight is 278 g/mol. The van der Waals surface area contributed by atoms with Crippen LogP contribution < -0.4 is 10.6 Å². The Morgan fingerprint density at radius 3 is 2.95 bits per heavy atom. The zero-order valence-corrected chi connectivity index (χ0v) is 11.9. The normalized spacial score (nSPS) is 15.2. The number of carbonyl (C=O) groups is 1. The second-order valence-electron chi connectivity index (χ2n) is 5.02. The Bertz CT molecular complexity index is 433. The Labute approximate surface area is 119 Å². The van der Waals surface area contributed by atoms with E-state index in [4.69, 9.17) is 4.74 Å². The highest BCUT2D eigenvalue weighted by molar-refractivity contribution is 5.92. The standard InChI is InChI=1S/C14H22N4O2/c1-20-8-4-7-15-14(19)12-9-13(17-10-16-12)18-11-5-2-3-6-11/h9-11H,2-8H2,1H3,(H,15,19)(H,16,17,18). The van der Waals surface area contributed by atoms with E-state index in [2.05, 4.69) is 20.6 Å². The number of nitrogens with zero attached hydrogens (tertiary/aromatic N) is 2. The van der Waals surface area contributed by atoms with Gasteiger partial charge in [0.25, 0.3) is 5.91 Å². The fraction of sp³-hybridized carbons (Fsp3) is 0.643. The van der Waals surface area contributed by atoms with Gasteiger partial charge in [0.15, 0.2) is 0 Å². The minimum absolute atomic E-state index is 0.169. The average Bonchev–Trinajstić information content (AvgIpc) is 2.96. The van der Waals surface area contributed by atoms with Crippen LogP contribution in [0.1, 0.15) is 42.6 Å². The van der Waals surface area contributed by atoms with Gasteiger partial charge in [0.2, 0.25) is 0 Å². The quantitative estimate of drug-likeness (QED) is 0.741. The van der Waals surface area contributed by atoms with Crippen LogP contribution in [0.3, 0.4) is 0 Å². The summed E-state index contributed by atoms with van der Waals surface area (Å²) < 4.78 is 4.94. The van der Waals surface area contributed by atoms with E-state index in [9.17, 15) is 4.79 Å². The zero-order chi connectivity index (χ0) is 14.2. The number of amides is 1. The SMILES string of the molecule is COCCCNC(=O)c1cc(NC2CCCC2)ncn1. The number of ether oxygens (including phenoxy) is 1. The van der Waals surface area contributed by atoms with Gasteiger partial charge in [0.05, 0.1) is 0 Å². The lowest BCUT2D eigenvalue weighted by Gasteiger charge is -2.12. The van der Waals surface area contributed by atoms with Crippen LogP contribution >= 0.6 is 0 Å². The van der Waals surface area contributed by atoms with Crippen LogP contribution in [-0.2, 0) is 4.74 Å². The van der Waals surface area contributed by atoms with Crippen LogP contribution in [0.15, 0.2) is 12.4 Å². The van der Waals surface area contributed by atoms with Crippen molar-refractivity contribution in [1.29, 1.82) is 0 Å². The highest BCUT2D eigenvalue weighted by Gasteiger charge is 2.16. The van der Waals surface area contributed by atoms with Crippen molar-refractivity contribution in [1.82, 2.24) is 15.3 Å². The minimum Gasteiger partial charge on any atom is -0.385 e. The van der Waals surface area contributed by atoms with Crippen LogP contribution in [0.4, 0.5) is 5.82 Å². The molecule has 0 atom stereocenters. The van der Waals surface area contributed by atoms with Gasteiger partial charge in [-0.15, -0.1) is 0 Å². The molecule has 1 fully saturated rings. The first-order valence-corrected chi connectivity index (χ1v) is 7.15. The molecule has 1 saturated carbocycles. The molecule has 0 bridgehead atoms. The summed E-state index contributed by atoms with van der Waals surface area (Å²) in [6, 6.07) is 2.19.